The zero-order valence-electron chi connectivity index (χ0n) is 25.7. The molecule has 4 fully saturated rings. The second kappa shape index (κ2) is 14.8. The first-order chi connectivity index (χ1) is 20.4. The van der Waals surface area contributed by atoms with Crippen molar-refractivity contribution in [1.29, 1.82) is 0 Å². The molecule has 5 rings (SSSR count). The lowest BCUT2D eigenvalue weighted by Crippen LogP contribution is -2.55. The third-order valence-corrected chi connectivity index (χ3v) is 9.76. The van der Waals surface area contributed by atoms with E-state index < -0.39 is 6.04 Å². The van der Waals surface area contributed by atoms with Gasteiger partial charge in [0.25, 0.3) is 5.91 Å². The van der Waals surface area contributed by atoms with Gasteiger partial charge in [-0.1, -0.05) is 12.1 Å². The number of nitrogens with one attached hydrogen (secondary N) is 2. The molecule has 42 heavy (non-hydrogen) atoms. The van der Waals surface area contributed by atoms with Crippen molar-refractivity contribution in [2.24, 2.45) is 5.92 Å². The number of amides is 3. The molecule has 0 aromatic heterocycles. The maximum atomic E-state index is 13.2. The van der Waals surface area contributed by atoms with Crippen molar-refractivity contribution < 1.29 is 14.4 Å². The van der Waals surface area contributed by atoms with Gasteiger partial charge in [-0.25, -0.2) is 0 Å². The van der Waals surface area contributed by atoms with Crippen molar-refractivity contribution in [2.45, 2.75) is 44.6 Å². The third-order valence-electron chi connectivity index (χ3n) is 9.76. The van der Waals surface area contributed by atoms with Gasteiger partial charge in [0, 0.05) is 71.0 Å². The maximum absolute atomic E-state index is 13.2. The highest BCUT2D eigenvalue weighted by molar-refractivity contribution is 5.97. The van der Waals surface area contributed by atoms with Crippen molar-refractivity contribution in [3.63, 3.8) is 0 Å². The van der Waals surface area contributed by atoms with Gasteiger partial charge >= 0.3 is 0 Å². The van der Waals surface area contributed by atoms with E-state index in [9.17, 15) is 14.4 Å². The Balaban J connectivity index is 0.997. The van der Waals surface area contributed by atoms with Crippen LogP contribution in [0.3, 0.4) is 0 Å². The van der Waals surface area contributed by atoms with E-state index >= 15 is 0 Å². The van der Waals surface area contributed by atoms with E-state index in [4.69, 9.17) is 0 Å². The van der Waals surface area contributed by atoms with Crippen molar-refractivity contribution in [3.8, 4) is 0 Å². The normalized spacial score (nSPS) is 24.4. The number of piperazine rings is 2. The first-order valence-corrected chi connectivity index (χ1v) is 16.2. The van der Waals surface area contributed by atoms with Crippen LogP contribution in [-0.2, 0) is 9.59 Å². The molecule has 10 nitrogen and oxygen atoms in total. The minimum absolute atomic E-state index is 0.00559. The lowest BCUT2D eigenvalue weighted by molar-refractivity contribution is -0.135. The predicted molar refractivity (Wildman–Crippen MR) is 164 cm³/mol. The third kappa shape index (κ3) is 8.30. The number of nitrogens with zero attached hydrogens (tertiary/aromatic N) is 5. The number of likely N-dealkylation sites (N-methyl/N-ethyl adjacent to an activating group) is 1. The second-order valence-electron chi connectivity index (χ2n) is 12.9. The van der Waals surface area contributed by atoms with E-state index in [0.29, 0.717) is 37.0 Å². The van der Waals surface area contributed by atoms with Gasteiger partial charge in [-0.2, -0.15) is 0 Å². The molecule has 10 heteroatoms. The van der Waals surface area contributed by atoms with Crippen molar-refractivity contribution in [3.05, 3.63) is 35.4 Å². The van der Waals surface area contributed by atoms with E-state index in [0.717, 1.165) is 97.7 Å². The molecular weight excluding hydrogens is 530 g/mol. The highest BCUT2D eigenvalue weighted by Gasteiger charge is 2.29. The first kappa shape index (κ1) is 30.9. The average Bonchev–Trinajstić information content (AvgIpc) is 3.02. The smallest absolute Gasteiger partial charge is 0.251 e. The summed E-state index contributed by atoms with van der Waals surface area (Å²) in [6.45, 7) is 14.1. The number of benzene rings is 1. The Hall–Kier alpha value is -2.53. The molecule has 232 valence electrons. The van der Waals surface area contributed by atoms with Gasteiger partial charge in [0.2, 0.25) is 11.8 Å². The van der Waals surface area contributed by atoms with Gasteiger partial charge in [0.1, 0.15) is 6.04 Å². The Kier molecular flexibility index (Phi) is 10.9. The molecule has 4 aliphatic heterocycles. The molecule has 2 unspecified atom stereocenters. The maximum Gasteiger partial charge on any atom is 0.251 e. The predicted octanol–water partition coefficient (Wildman–Crippen LogP) is 0.902. The Morgan fingerprint density at radius 3 is 2.31 bits per heavy atom. The van der Waals surface area contributed by atoms with E-state index in [1.165, 1.54) is 5.56 Å². The molecule has 3 amide bonds. The molecule has 2 atom stereocenters. The van der Waals surface area contributed by atoms with Gasteiger partial charge in [0.15, 0.2) is 0 Å². The number of hydrogen-bond acceptors (Lipinski definition) is 7. The first-order valence-electron chi connectivity index (χ1n) is 16.2. The van der Waals surface area contributed by atoms with Crippen molar-refractivity contribution in [1.82, 2.24) is 35.1 Å². The molecule has 0 saturated carbocycles. The van der Waals surface area contributed by atoms with Crippen LogP contribution in [0.5, 0.6) is 0 Å². The Morgan fingerprint density at radius 2 is 1.62 bits per heavy atom. The highest BCUT2D eigenvalue weighted by Crippen LogP contribution is 2.24. The molecule has 0 radical (unpaired) electrons. The van der Waals surface area contributed by atoms with Crippen LogP contribution in [0.1, 0.15) is 54.4 Å². The number of carbonyl (C=O) groups excluding carboxylic acids is 3. The van der Waals surface area contributed by atoms with Gasteiger partial charge in [-0.15, -0.1) is 0 Å². The number of piperidine rings is 2. The number of carbonyl (C=O) groups is 3. The average molecular weight is 582 g/mol. The SMILES string of the molecule is CC(NC(=O)c1cccc(C2CCCNC2)c1)C(=O)N1CCN(CC2CCN(CC(=O)N3CCN(C)CC3)CC2)CC1. The lowest BCUT2D eigenvalue weighted by Gasteiger charge is -2.40. The molecule has 1 aromatic carbocycles. The van der Waals surface area contributed by atoms with E-state index in [1.54, 1.807) is 6.92 Å². The van der Waals surface area contributed by atoms with Crippen LogP contribution in [0.2, 0.25) is 0 Å². The van der Waals surface area contributed by atoms with Gasteiger partial charge in [0.05, 0.1) is 6.54 Å². The fraction of sp³-hybridized carbons (Fsp3) is 0.719. The molecule has 1 aromatic rings. The molecule has 2 N–H and O–H groups in total. The van der Waals surface area contributed by atoms with E-state index in [2.05, 4.69) is 38.4 Å². The van der Waals surface area contributed by atoms with E-state index in [-0.39, 0.29) is 17.7 Å². The van der Waals surface area contributed by atoms with Gasteiger partial charge in [-0.3, -0.25) is 24.2 Å². The molecular formula is C32H51N7O3. The van der Waals surface area contributed by atoms with Crippen molar-refractivity contribution in [2.75, 3.05) is 98.7 Å². The summed E-state index contributed by atoms with van der Waals surface area (Å²) in [4.78, 5) is 49.9. The number of hydrogen-bond donors (Lipinski definition) is 2. The second-order valence-corrected chi connectivity index (χ2v) is 12.9. The van der Waals surface area contributed by atoms with E-state index in [1.807, 2.05) is 28.0 Å². The zero-order chi connectivity index (χ0) is 29.5. The quantitative estimate of drug-likeness (QED) is 0.472. The topological polar surface area (TPSA) is 91.5 Å². The lowest BCUT2D eigenvalue weighted by atomic mass is 9.90. The fourth-order valence-electron chi connectivity index (χ4n) is 6.88. The number of rotatable bonds is 8. The van der Waals surface area contributed by atoms with Crippen molar-refractivity contribution >= 4 is 17.7 Å². The van der Waals surface area contributed by atoms with Crippen LogP contribution in [-0.4, -0.2) is 147 Å². The fourth-order valence-corrected chi connectivity index (χ4v) is 6.88. The highest BCUT2D eigenvalue weighted by atomic mass is 16.2. The van der Waals surface area contributed by atoms with Gasteiger partial charge in [-0.05, 0) is 88.8 Å². The summed E-state index contributed by atoms with van der Waals surface area (Å²) in [5.74, 6) is 1.16. The molecule has 0 spiro atoms. The molecule has 0 bridgehead atoms. The minimum Gasteiger partial charge on any atom is -0.341 e. The summed E-state index contributed by atoms with van der Waals surface area (Å²) in [5.41, 5.74) is 1.81. The largest absolute Gasteiger partial charge is 0.341 e. The summed E-state index contributed by atoms with van der Waals surface area (Å²) < 4.78 is 0. The molecule has 4 saturated heterocycles. The van der Waals surface area contributed by atoms with Crippen LogP contribution in [0, 0.1) is 5.92 Å². The summed E-state index contributed by atoms with van der Waals surface area (Å²) >= 11 is 0. The Morgan fingerprint density at radius 1 is 0.905 bits per heavy atom. The standard InChI is InChI=1S/C32H51N7O3/c1-25(34-31(41)28-6-3-5-27(21-28)29-7-4-10-33-22-29)32(42)39-19-15-37(16-20-39)23-26-8-11-36(12-9-26)24-30(40)38-17-13-35(2)14-18-38/h3,5-6,21,25-26,29,33H,4,7-20,22-24H2,1-2H3,(H,34,41). The molecule has 4 heterocycles. The summed E-state index contributed by atoms with van der Waals surface area (Å²) in [5, 5.41) is 6.39. The van der Waals surface area contributed by atoms with Crippen LogP contribution in [0.4, 0.5) is 0 Å². The van der Waals surface area contributed by atoms with Crippen LogP contribution in [0.25, 0.3) is 0 Å². The van der Waals surface area contributed by atoms with Crippen LogP contribution in [0.15, 0.2) is 24.3 Å². The minimum atomic E-state index is -0.554. The summed E-state index contributed by atoms with van der Waals surface area (Å²) in [6, 6.07) is 7.31. The molecule has 4 aliphatic rings. The van der Waals surface area contributed by atoms with Crippen LogP contribution < -0.4 is 10.6 Å². The van der Waals surface area contributed by atoms with Crippen LogP contribution >= 0.6 is 0 Å². The summed E-state index contributed by atoms with van der Waals surface area (Å²) in [7, 11) is 2.11. The monoisotopic (exact) mass is 581 g/mol. The molecule has 0 aliphatic carbocycles. The summed E-state index contributed by atoms with van der Waals surface area (Å²) in [6.07, 6.45) is 4.53. The Labute approximate surface area is 251 Å². The van der Waals surface area contributed by atoms with Gasteiger partial charge < -0.3 is 25.3 Å². The Bertz CT molecular complexity index is 1050. The zero-order valence-corrected chi connectivity index (χ0v) is 25.7. The number of likely N-dealkylation sites (tertiary alicyclic amines) is 1.